The quantitative estimate of drug-likeness (QED) is 0.152. The fourth-order valence-corrected chi connectivity index (χ4v) is 12.4. The van der Waals surface area contributed by atoms with Gasteiger partial charge in [-0.05, 0) is 147 Å². The molecule has 13 nitrogen and oxygen atoms in total. The summed E-state index contributed by atoms with van der Waals surface area (Å²) in [6, 6.07) is 11.7. The Hall–Kier alpha value is -5.37. The number of carbonyl (C=O) groups is 4. The number of pyridine rings is 1. The molecule has 6 aliphatic rings. The minimum atomic E-state index is -0.736. The van der Waals surface area contributed by atoms with Crippen LogP contribution in [0, 0.1) is 24.6 Å². The Labute approximate surface area is 400 Å². The van der Waals surface area contributed by atoms with Crippen molar-refractivity contribution in [3.8, 4) is 11.3 Å². The molecule has 4 aromatic rings. The minimum Gasteiger partial charge on any atom is -0.350 e. The van der Waals surface area contributed by atoms with E-state index in [1.54, 1.807) is 19.3 Å². The molecule has 362 valence electrons. The number of imidazole rings is 1. The van der Waals surface area contributed by atoms with Gasteiger partial charge in [-0.1, -0.05) is 37.8 Å². The zero-order valence-corrected chi connectivity index (χ0v) is 40.8. The van der Waals surface area contributed by atoms with Crippen LogP contribution in [0.4, 0.5) is 21.6 Å². The standard InChI is InChI=1S/C54H70FN9O4/c1-33(2)57-51(66)41-29-45(43(55)24-35(41)5)59-50-49-46(56-32-63(49)34(3)4)30-44(58-50)38-14-15-42-47(26-38)64(40-27-39(28-40)60-19-10-7-11-20-60)53(68)54(42)17-22-61(23-18-54)48(65)25-36-16-21-62(31-36)52(67)37-12-8-6-9-13-37/h14-15,24,26,29-30,32-34,36-37,39-40H,6-13,16-23,25,27-28,31H2,1-5H3,(H,57,66)(H,58,59)/t36-,39?,40?/m0/s1. The number of hydrogen-bond donors (Lipinski definition) is 2. The number of nitrogens with one attached hydrogen (secondary N) is 2. The molecule has 4 amide bonds. The van der Waals surface area contributed by atoms with Gasteiger partial charge in [0.1, 0.15) is 11.3 Å². The van der Waals surface area contributed by atoms with Crippen molar-refractivity contribution in [2.24, 2.45) is 11.8 Å². The maximum atomic E-state index is 15.9. The van der Waals surface area contributed by atoms with Crippen LogP contribution in [-0.4, -0.2) is 110 Å². The Morgan fingerprint density at radius 2 is 1.59 bits per heavy atom. The lowest BCUT2D eigenvalue weighted by Gasteiger charge is -2.48. The molecule has 10 rings (SSSR count). The summed E-state index contributed by atoms with van der Waals surface area (Å²) in [5.74, 6) is 0.507. The van der Waals surface area contributed by atoms with E-state index in [-0.39, 0.29) is 59.3 Å². The van der Waals surface area contributed by atoms with Crippen LogP contribution in [0.3, 0.4) is 0 Å². The molecule has 2 saturated carbocycles. The molecule has 68 heavy (non-hydrogen) atoms. The smallest absolute Gasteiger partial charge is 0.251 e. The third kappa shape index (κ3) is 8.68. The third-order valence-corrected chi connectivity index (χ3v) is 16.4. The first kappa shape index (κ1) is 46.4. The lowest BCUT2D eigenvalue weighted by molar-refractivity contribution is -0.137. The van der Waals surface area contributed by atoms with Crippen molar-refractivity contribution in [3.63, 3.8) is 0 Å². The number of likely N-dealkylation sites (tertiary alicyclic amines) is 3. The van der Waals surface area contributed by atoms with E-state index in [1.165, 1.54) is 31.7 Å². The summed E-state index contributed by atoms with van der Waals surface area (Å²) in [5, 5.41) is 6.21. The number of halogens is 1. The molecule has 6 heterocycles. The zero-order chi connectivity index (χ0) is 47.4. The van der Waals surface area contributed by atoms with Gasteiger partial charge in [0.05, 0.1) is 28.6 Å². The Morgan fingerprint density at radius 3 is 2.31 bits per heavy atom. The SMILES string of the molecule is Cc1cc(F)c(Nc2nc(-c3ccc4c(c3)N(C3CC(N5CCCCC5)C3)C(=O)C43CCN(C(=O)C[C@@H]4CCN(C(=O)C5CCCCC5)C4)CC3)cc3ncn(C(C)C)c23)cc1C(=O)NC(C)C. The number of carbonyl (C=O) groups excluding carboxylic acids is 4. The highest BCUT2D eigenvalue weighted by Gasteiger charge is 2.56. The lowest BCUT2D eigenvalue weighted by Crippen LogP contribution is -2.58. The average molecular weight is 928 g/mol. The molecule has 1 spiro atoms. The van der Waals surface area contributed by atoms with E-state index in [9.17, 15) is 14.4 Å². The maximum absolute atomic E-state index is 15.9. The molecule has 0 radical (unpaired) electrons. The van der Waals surface area contributed by atoms with Crippen molar-refractivity contribution in [2.45, 2.75) is 154 Å². The number of rotatable bonds is 11. The van der Waals surface area contributed by atoms with Crippen LogP contribution in [0.25, 0.3) is 22.3 Å². The third-order valence-electron chi connectivity index (χ3n) is 16.4. The molecule has 0 bridgehead atoms. The Morgan fingerprint density at radius 1 is 0.853 bits per heavy atom. The first-order chi connectivity index (χ1) is 32.8. The molecule has 0 unspecified atom stereocenters. The second kappa shape index (κ2) is 18.8. The van der Waals surface area contributed by atoms with Gasteiger partial charge in [-0.25, -0.2) is 14.4 Å². The number of nitrogens with zero attached hydrogens (tertiary/aromatic N) is 7. The van der Waals surface area contributed by atoms with Gasteiger partial charge >= 0.3 is 0 Å². The summed E-state index contributed by atoms with van der Waals surface area (Å²) in [4.78, 5) is 74.4. The first-order valence-corrected chi connectivity index (χ1v) is 25.8. The van der Waals surface area contributed by atoms with Crippen LogP contribution in [0.1, 0.15) is 145 Å². The van der Waals surface area contributed by atoms with Gasteiger partial charge in [0.2, 0.25) is 17.7 Å². The Balaban J connectivity index is 0.934. The van der Waals surface area contributed by atoms with E-state index in [0.29, 0.717) is 78.6 Å². The Kier molecular flexibility index (Phi) is 12.9. The fourth-order valence-electron chi connectivity index (χ4n) is 12.4. The first-order valence-electron chi connectivity index (χ1n) is 25.8. The number of aryl methyl sites for hydroxylation is 1. The van der Waals surface area contributed by atoms with Gasteiger partial charge in [0.15, 0.2) is 5.82 Å². The van der Waals surface area contributed by atoms with Crippen LogP contribution >= 0.6 is 0 Å². The van der Waals surface area contributed by atoms with Gasteiger partial charge in [0.25, 0.3) is 5.91 Å². The Bertz CT molecular complexity index is 2580. The number of fused-ring (bicyclic) bond motifs is 3. The van der Waals surface area contributed by atoms with Crippen LogP contribution in [-0.2, 0) is 19.8 Å². The van der Waals surface area contributed by atoms with E-state index in [0.717, 1.165) is 81.4 Å². The number of piperidine rings is 2. The van der Waals surface area contributed by atoms with E-state index in [4.69, 9.17) is 9.97 Å². The van der Waals surface area contributed by atoms with Gasteiger partial charge in [-0.2, -0.15) is 0 Å². The highest BCUT2D eigenvalue weighted by Crippen LogP contribution is 2.52. The van der Waals surface area contributed by atoms with Crippen molar-refractivity contribution in [1.29, 1.82) is 0 Å². The largest absolute Gasteiger partial charge is 0.350 e. The van der Waals surface area contributed by atoms with Gasteiger partial charge < -0.3 is 34.8 Å². The predicted molar refractivity (Wildman–Crippen MR) is 263 cm³/mol. The minimum absolute atomic E-state index is 0.0341. The molecule has 14 heteroatoms. The summed E-state index contributed by atoms with van der Waals surface area (Å²) in [6.45, 7) is 14.3. The van der Waals surface area contributed by atoms with Crippen molar-refractivity contribution in [3.05, 3.63) is 65.2 Å². The molecular formula is C54H70FN9O4. The summed E-state index contributed by atoms with van der Waals surface area (Å²) in [6.07, 6.45) is 15.3. The van der Waals surface area contributed by atoms with E-state index in [2.05, 4.69) is 46.4 Å². The molecular weight excluding hydrogens is 858 g/mol. The van der Waals surface area contributed by atoms with E-state index in [1.807, 2.05) is 40.3 Å². The van der Waals surface area contributed by atoms with Gasteiger partial charge in [0, 0.05) is 79.5 Å². The van der Waals surface area contributed by atoms with Crippen LogP contribution in [0.2, 0.25) is 0 Å². The number of aromatic nitrogens is 3. The lowest BCUT2D eigenvalue weighted by atomic mass is 9.73. The van der Waals surface area contributed by atoms with Crippen molar-refractivity contribution < 1.29 is 23.6 Å². The average Bonchev–Trinajstić information content (AvgIpc) is 4.03. The molecule has 2 aromatic carbocycles. The summed E-state index contributed by atoms with van der Waals surface area (Å²) in [7, 11) is 0. The number of anilines is 3. The number of amides is 4. The van der Waals surface area contributed by atoms with Crippen LogP contribution in [0.5, 0.6) is 0 Å². The fraction of sp³-hybridized carbons (Fsp3) is 0.593. The predicted octanol–water partition coefficient (Wildman–Crippen LogP) is 9.05. The van der Waals surface area contributed by atoms with Crippen LogP contribution in [0.15, 0.2) is 42.7 Å². The second-order valence-corrected chi connectivity index (χ2v) is 21.6. The van der Waals surface area contributed by atoms with Crippen molar-refractivity contribution in [1.82, 2.24) is 34.6 Å². The molecule has 2 aromatic heterocycles. The van der Waals surface area contributed by atoms with Crippen molar-refractivity contribution in [2.75, 3.05) is 49.5 Å². The second-order valence-electron chi connectivity index (χ2n) is 21.6. The monoisotopic (exact) mass is 928 g/mol. The molecule has 1 atom stereocenters. The summed E-state index contributed by atoms with van der Waals surface area (Å²) < 4.78 is 17.9. The normalized spacial score (nSPS) is 23.2. The molecule has 3 saturated heterocycles. The van der Waals surface area contributed by atoms with Crippen LogP contribution < -0.4 is 15.5 Å². The van der Waals surface area contributed by atoms with Gasteiger partial charge in [-0.15, -0.1) is 0 Å². The van der Waals surface area contributed by atoms with Crippen molar-refractivity contribution >= 4 is 51.9 Å². The zero-order valence-electron chi connectivity index (χ0n) is 40.8. The summed E-state index contributed by atoms with van der Waals surface area (Å²) in [5.41, 5.74) is 5.08. The number of benzene rings is 2. The molecule has 4 aliphatic heterocycles. The van der Waals surface area contributed by atoms with Gasteiger partial charge in [-0.3, -0.25) is 19.2 Å². The summed E-state index contributed by atoms with van der Waals surface area (Å²) >= 11 is 0. The maximum Gasteiger partial charge on any atom is 0.251 e. The molecule has 2 N–H and O–H groups in total. The number of hydrogen-bond acceptors (Lipinski definition) is 8. The highest BCUT2D eigenvalue weighted by molar-refractivity contribution is 6.09. The topological polar surface area (TPSA) is 136 Å². The van der Waals surface area contributed by atoms with E-state index < -0.39 is 11.2 Å². The molecule has 5 fully saturated rings. The highest BCUT2D eigenvalue weighted by atomic mass is 19.1. The van der Waals surface area contributed by atoms with E-state index >= 15 is 9.18 Å². The molecule has 2 aliphatic carbocycles.